The van der Waals surface area contributed by atoms with Gasteiger partial charge in [-0.15, -0.1) is 0 Å². The molecule has 3 heterocycles. The molecule has 0 aliphatic carbocycles. The third-order valence-corrected chi connectivity index (χ3v) is 5.75. The monoisotopic (exact) mass is 370 g/mol. The lowest BCUT2D eigenvalue weighted by molar-refractivity contribution is -0.149. The van der Waals surface area contributed by atoms with Gasteiger partial charge in [-0.25, -0.2) is 0 Å². The summed E-state index contributed by atoms with van der Waals surface area (Å²) in [4.78, 5) is 29.9. The van der Waals surface area contributed by atoms with Crippen molar-refractivity contribution < 1.29 is 14.3 Å². The van der Waals surface area contributed by atoms with Gasteiger partial charge in [0.15, 0.2) is 9.49 Å². The second kappa shape index (κ2) is 7.79. The maximum absolute atomic E-state index is 11.8. The molecule has 24 heavy (non-hydrogen) atoms. The molecule has 132 valence electrons. The highest BCUT2D eigenvalue weighted by molar-refractivity contribution is 8.33. The molecule has 0 spiro atoms. The fourth-order valence-electron chi connectivity index (χ4n) is 3.12. The standard InChI is InChI=1S/C15H22N4O3S2/c1-2-22-13(21)11-5-8-17(9-6-11)10-19-15(23)24-14-16-12(20)4-3-7-18(14)19/h11H,2-10H2,1H3. The van der Waals surface area contributed by atoms with E-state index in [1.165, 1.54) is 11.8 Å². The first-order valence-corrected chi connectivity index (χ1v) is 9.58. The zero-order valence-corrected chi connectivity index (χ0v) is 15.4. The van der Waals surface area contributed by atoms with E-state index in [2.05, 4.69) is 9.89 Å². The summed E-state index contributed by atoms with van der Waals surface area (Å²) < 4.78 is 5.85. The molecule has 0 aromatic carbocycles. The van der Waals surface area contributed by atoms with Crippen molar-refractivity contribution in [2.45, 2.75) is 32.6 Å². The lowest BCUT2D eigenvalue weighted by Crippen LogP contribution is -2.49. The first-order chi connectivity index (χ1) is 11.6. The molecule has 0 aromatic rings. The lowest BCUT2D eigenvalue weighted by atomic mass is 9.97. The summed E-state index contributed by atoms with van der Waals surface area (Å²) in [6.45, 7) is 5.39. The van der Waals surface area contributed by atoms with Gasteiger partial charge in [0.2, 0.25) is 5.91 Å². The molecule has 0 N–H and O–H groups in total. The topological polar surface area (TPSA) is 65.5 Å². The van der Waals surface area contributed by atoms with E-state index in [-0.39, 0.29) is 17.8 Å². The summed E-state index contributed by atoms with van der Waals surface area (Å²) in [7, 11) is 0. The molecule has 1 amide bonds. The van der Waals surface area contributed by atoms with Crippen molar-refractivity contribution in [3.8, 4) is 0 Å². The van der Waals surface area contributed by atoms with Gasteiger partial charge in [-0.3, -0.25) is 24.5 Å². The van der Waals surface area contributed by atoms with Gasteiger partial charge in [0, 0.05) is 26.1 Å². The van der Waals surface area contributed by atoms with E-state index in [1.807, 2.05) is 16.9 Å². The highest BCUT2D eigenvalue weighted by atomic mass is 32.2. The predicted molar refractivity (Wildman–Crippen MR) is 96.2 cm³/mol. The third kappa shape index (κ3) is 3.89. The Kier molecular flexibility index (Phi) is 5.72. The zero-order chi connectivity index (χ0) is 17.1. The minimum atomic E-state index is -0.0788. The maximum Gasteiger partial charge on any atom is 0.309 e. The highest BCUT2D eigenvalue weighted by Crippen LogP contribution is 2.29. The lowest BCUT2D eigenvalue weighted by Gasteiger charge is -2.37. The quantitative estimate of drug-likeness (QED) is 0.544. The fraction of sp³-hybridized carbons (Fsp3) is 0.733. The molecule has 0 radical (unpaired) electrons. The first kappa shape index (κ1) is 17.6. The van der Waals surface area contributed by atoms with Crippen LogP contribution < -0.4 is 0 Å². The van der Waals surface area contributed by atoms with Crippen LogP contribution in [0.1, 0.15) is 32.6 Å². The van der Waals surface area contributed by atoms with Crippen molar-refractivity contribution in [3.05, 3.63) is 0 Å². The summed E-state index contributed by atoms with van der Waals surface area (Å²) in [5.41, 5.74) is 0. The Labute approximate surface area is 151 Å². The van der Waals surface area contributed by atoms with Crippen molar-refractivity contribution in [3.63, 3.8) is 0 Å². The van der Waals surface area contributed by atoms with Gasteiger partial charge in [0.25, 0.3) is 0 Å². The third-order valence-electron chi connectivity index (χ3n) is 4.42. The zero-order valence-electron chi connectivity index (χ0n) is 13.8. The molecule has 2 fully saturated rings. The van der Waals surface area contributed by atoms with Crippen LogP contribution in [-0.2, 0) is 14.3 Å². The summed E-state index contributed by atoms with van der Waals surface area (Å²) in [5.74, 6) is -0.140. The molecule has 3 aliphatic rings. The number of carbonyl (C=O) groups excluding carboxylic acids is 2. The van der Waals surface area contributed by atoms with Crippen LogP contribution >= 0.6 is 24.0 Å². The van der Waals surface area contributed by atoms with Gasteiger partial charge in [0.05, 0.1) is 19.2 Å². The van der Waals surface area contributed by atoms with Gasteiger partial charge in [-0.05, 0) is 37.9 Å². The summed E-state index contributed by atoms with van der Waals surface area (Å²) in [6, 6.07) is 0. The number of hydrogen-bond donors (Lipinski definition) is 0. The number of nitrogens with zero attached hydrogens (tertiary/aromatic N) is 4. The smallest absolute Gasteiger partial charge is 0.309 e. The van der Waals surface area contributed by atoms with E-state index in [4.69, 9.17) is 17.0 Å². The van der Waals surface area contributed by atoms with Crippen LogP contribution in [0.5, 0.6) is 0 Å². The number of esters is 1. The van der Waals surface area contributed by atoms with Gasteiger partial charge in [-0.2, -0.15) is 4.99 Å². The highest BCUT2D eigenvalue weighted by Gasteiger charge is 2.36. The van der Waals surface area contributed by atoms with E-state index < -0.39 is 0 Å². The number of aliphatic imine (C=N–C) groups is 1. The van der Waals surface area contributed by atoms with Crippen molar-refractivity contribution in [1.82, 2.24) is 14.9 Å². The molecule has 0 atom stereocenters. The number of likely N-dealkylation sites (tertiary alicyclic amines) is 1. The molecule has 3 rings (SSSR count). The predicted octanol–water partition coefficient (Wildman–Crippen LogP) is 1.45. The first-order valence-electron chi connectivity index (χ1n) is 8.35. The van der Waals surface area contributed by atoms with E-state index >= 15 is 0 Å². The van der Waals surface area contributed by atoms with Crippen LogP contribution in [0.3, 0.4) is 0 Å². The maximum atomic E-state index is 11.8. The second-order valence-electron chi connectivity index (χ2n) is 6.07. The van der Waals surface area contributed by atoms with Gasteiger partial charge in [0.1, 0.15) is 0 Å². The number of hydrogen-bond acceptors (Lipinski definition) is 7. The number of fused-ring (bicyclic) bond motifs is 1. The van der Waals surface area contributed by atoms with E-state index in [1.54, 1.807) is 0 Å². The summed E-state index contributed by atoms with van der Waals surface area (Å²) in [6.07, 6.45) is 2.90. The molecule has 2 saturated heterocycles. The minimum absolute atomic E-state index is 0.00837. The molecule has 0 unspecified atom stereocenters. The Morgan fingerprint density at radius 1 is 1.38 bits per heavy atom. The van der Waals surface area contributed by atoms with Crippen LogP contribution in [-0.4, -0.2) is 69.2 Å². The van der Waals surface area contributed by atoms with Gasteiger partial charge in [-0.1, -0.05) is 12.2 Å². The Hall–Kier alpha value is -1.19. The molecule has 7 nitrogen and oxygen atoms in total. The minimum Gasteiger partial charge on any atom is -0.466 e. The molecule has 3 aliphatic heterocycles. The van der Waals surface area contributed by atoms with Crippen LogP contribution in [0.4, 0.5) is 0 Å². The van der Waals surface area contributed by atoms with Crippen molar-refractivity contribution in [2.75, 3.05) is 32.9 Å². The number of amidine groups is 1. The number of thioether (sulfide) groups is 1. The van der Waals surface area contributed by atoms with E-state index in [0.29, 0.717) is 24.9 Å². The fourth-order valence-corrected chi connectivity index (χ4v) is 4.36. The number of hydrazine groups is 1. The van der Waals surface area contributed by atoms with Gasteiger partial charge >= 0.3 is 5.97 Å². The second-order valence-corrected chi connectivity index (χ2v) is 7.67. The van der Waals surface area contributed by atoms with Crippen LogP contribution in [0.15, 0.2) is 4.99 Å². The number of ether oxygens (including phenoxy) is 1. The molecule has 0 saturated carbocycles. The normalized spacial score (nSPS) is 23.1. The van der Waals surface area contributed by atoms with Gasteiger partial charge < -0.3 is 4.74 Å². The van der Waals surface area contributed by atoms with Crippen molar-refractivity contribution >= 4 is 45.3 Å². The number of piperidine rings is 1. The van der Waals surface area contributed by atoms with Crippen LogP contribution in [0.2, 0.25) is 0 Å². The number of thiocarbonyl (C=S) groups is 1. The number of rotatable bonds is 4. The SMILES string of the molecule is CCOC(=O)C1CCN(CN2C(=S)SC3=NC(=O)CCCN32)CC1. The number of amides is 1. The molecular formula is C15H22N4O3S2. The molecule has 9 heteroatoms. The summed E-state index contributed by atoms with van der Waals surface area (Å²) >= 11 is 6.85. The van der Waals surface area contributed by atoms with E-state index in [0.717, 1.165) is 43.2 Å². The van der Waals surface area contributed by atoms with Crippen LogP contribution in [0, 0.1) is 5.92 Å². The molecular weight excluding hydrogens is 348 g/mol. The Morgan fingerprint density at radius 2 is 2.12 bits per heavy atom. The van der Waals surface area contributed by atoms with E-state index in [9.17, 15) is 9.59 Å². The van der Waals surface area contributed by atoms with Crippen molar-refractivity contribution in [2.24, 2.45) is 10.9 Å². The Morgan fingerprint density at radius 3 is 2.83 bits per heavy atom. The summed E-state index contributed by atoms with van der Waals surface area (Å²) in [5, 5.41) is 4.75. The Balaban J connectivity index is 1.57. The molecule has 0 bridgehead atoms. The number of carbonyl (C=O) groups is 2. The average molecular weight is 371 g/mol. The average Bonchev–Trinajstić information content (AvgIpc) is 2.73. The Bertz CT molecular complexity index is 561. The largest absolute Gasteiger partial charge is 0.466 e. The van der Waals surface area contributed by atoms with Crippen LogP contribution in [0.25, 0.3) is 0 Å². The van der Waals surface area contributed by atoms with Crippen molar-refractivity contribution in [1.29, 1.82) is 0 Å². The molecule has 0 aromatic heterocycles.